The predicted molar refractivity (Wildman–Crippen MR) is 176 cm³/mol. The zero-order valence-corrected chi connectivity index (χ0v) is 26.9. The average Bonchev–Trinajstić information content (AvgIpc) is 3.38. The predicted octanol–water partition coefficient (Wildman–Crippen LogP) is 6.47. The quantitative estimate of drug-likeness (QED) is 0.0812. The van der Waals surface area contributed by atoms with Crippen LogP contribution in [0.15, 0.2) is 60.3 Å². The van der Waals surface area contributed by atoms with Gasteiger partial charge in [-0.1, -0.05) is 41.9 Å². The average molecular weight is 649 g/mol. The van der Waals surface area contributed by atoms with Crippen LogP contribution in [0.2, 0.25) is 5.15 Å². The molecule has 0 aliphatic heterocycles. The van der Waals surface area contributed by atoms with Crippen LogP contribution in [0, 0.1) is 6.57 Å². The van der Waals surface area contributed by atoms with Gasteiger partial charge < -0.3 is 30.2 Å². The second-order valence-corrected chi connectivity index (χ2v) is 12.4. The minimum absolute atomic E-state index is 0.0379. The van der Waals surface area contributed by atoms with E-state index < -0.39 is 17.7 Å². The lowest BCUT2D eigenvalue weighted by Crippen LogP contribution is -2.28. The number of nitrogens with one attached hydrogen (secondary N) is 1. The Morgan fingerprint density at radius 3 is 2.53 bits per heavy atom. The second kappa shape index (κ2) is 14.7. The van der Waals surface area contributed by atoms with E-state index in [2.05, 4.69) is 20.1 Å². The highest BCUT2D eigenvalue weighted by molar-refractivity contribution is 7.19. The van der Waals surface area contributed by atoms with Crippen LogP contribution in [0.4, 0.5) is 16.4 Å². The molecule has 0 radical (unpaired) electrons. The normalized spacial score (nSPS) is 11.5. The number of thiophene rings is 1. The fourth-order valence-corrected chi connectivity index (χ4v) is 5.19. The molecule has 3 N–H and O–H groups in total. The standard InChI is InChI=1S/C32H33ClN6O5S/c1-32(2,3)44-29(40)25(35-4)16-24-14-22-10-11-23(15-26(22)45-24)39(5)12-13-42-31(41)36-18-20-6-8-21(9-7-20)19-43-28-17-27(33)37-30(34)38-28/h6-11,14-17H,12-13,18-19H2,1-3,5H3,(H,36,41)(H2,34,37,38)/b25-16-. The fourth-order valence-electron chi connectivity index (χ4n) is 3.98. The molecule has 0 saturated carbocycles. The molecule has 4 rings (SSSR count). The third kappa shape index (κ3) is 10.1. The lowest BCUT2D eigenvalue weighted by molar-refractivity contribution is -0.149. The van der Waals surface area contributed by atoms with E-state index in [1.807, 2.05) is 60.5 Å². The number of carbonyl (C=O) groups excluding carboxylic acids is 2. The molecule has 0 unspecified atom stereocenters. The van der Waals surface area contributed by atoms with E-state index in [9.17, 15) is 9.59 Å². The van der Waals surface area contributed by atoms with Crippen LogP contribution in [0.3, 0.4) is 0 Å². The number of nitrogens with zero attached hydrogens (tertiary/aromatic N) is 4. The zero-order chi connectivity index (χ0) is 32.6. The highest BCUT2D eigenvalue weighted by Crippen LogP contribution is 2.31. The van der Waals surface area contributed by atoms with E-state index in [1.165, 1.54) is 17.4 Å². The van der Waals surface area contributed by atoms with Crippen molar-refractivity contribution in [3.8, 4) is 5.88 Å². The molecule has 1 amide bonds. The minimum atomic E-state index is -0.680. The number of esters is 1. The van der Waals surface area contributed by atoms with Crippen molar-refractivity contribution in [1.82, 2.24) is 15.3 Å². The minimum Gasteiger partial charge on any atom is -0.473 e. The molecule has 0 bridgehead atoms. The van der Waals surface area contributed by atoms with E-state index in [4.69, 9.17) is 38.1 Å². The largest absolute Gasteiger partial charge is 0.473 e. The van der Waals surface area contributed by atoms with Gasteiger partial charge in [0, 0.05) is 34.9 Å². The van der Waals surface area contributed by atoms with E-state index >= 15 is 0 Å². The first-order valence-corrected chi connectivity index (χ1v) is 15.1. The number of halogens is 1. The van der Waals surface area contributed by atoms with Crippen LogP contribution in [0.25, 0.3) is 21.0 Å². The summed E-state index contributed by atoms with van der Waals surface area (Å²) >= 11 is 7.34. The molecule has 0 aliphatic carbocycles. The maximum absolute atomic E-state index is 12.3. The lowest BCUT2D eigenvalue weighted by atomic mass is 10.1. The summed E-state index contributed by atoms with van der Waals surface area (Å²) in [6, 6.07) is 16.9. The molecule has 2 aromatic heterocycles. The number of hydrogen-bond acceptors (Lipinski definition) is 10. The van der Waals surface area contributed by atoms with Crippen molar-refractivity contribution in [2.45, 2.75) is 39.5 Å². The summed E-state index contributed by atoms with van der Waals surface area (Å²) in [5.41, 5.74) is 7.57. The maximum atomic E-state index is 12.3. The number of aromatic nitrogens is 2. The van der Waals surface area contributed by atoms with Crippen molar-refractivity contribution in [1.29, 1.82) is 0 Å². The SMILES string of the molecule is [C-]#[N+]/C(=C\c1cc2ccc(N(C)CCOC(=O)NCc3ccc(COc4cc(Cl)nc(N)n4)cc3)cc2s1)C(=O)OC(C)(C)C. The van der Waals surface area contributed by atoms with Gasteiger partial charge in [0.15, 0.2) is 0 Å². The molecule has 234 valence electrons. The number of ether oxygens (including phenoxy) is 3. The Bertz CT molecular complexity index is 1720. The second-order valence-electron chi connectivity index (χ2n) is 10.9. The fraction of sp³-hybridized carbons (Fsp3) is 0.281. The van der Waals surface area contributed by atoms with Gasteiger partial charge in [0.2, 0.25) is 11.8 Å². The van der Waals surface area contributed by atoms with Gasteiger partial charge in [0.05, 0.1) is 13.1 Å². The zero-order valence-electron chi connectivity index (χ0n) is 25.3. The van der Waals surface area contributed by atoms with E-state index in [0.717, 1.165) is 31.8 Å². The lowest BCUT2D eigenvalue weighted by Gasteiger charge is -2.19. The highest BCUT2D eigenvalue weighted by Gasteiger charge is 2.20. The van der Waals surface area contributed by atoms with Gasteiger partial charge in [-0.15, -0.1) is 11.3 Å². The highest BCUT2D eigenvalue weighted by atomic mass is 35.5. The molecular formula is C32H33ClN6O5S. The van der Waals surface area contributed by atoms with Crippen molar-refractivity contribution >= 4 is 62.8 Å². The molecule has 2 aromatic carbocycles. The van der Waals surface area contributed by atoms with Crippen LogP contribution in [-0.4, -0.2) is 47.8 Å². The van der Waals surface area contributed by atoms with Gasteiger partial charge in [-0.3, -0.25) is 4.79 Å². The molecule has 0 atom stereocenters. The number of fused-ring (bicyclic) bond motifs is 1. The van der Waals surface area contributed by atoms with Gasteiger partial charge in [-0.05, 0) is 61.6 Å². The Hall–Kier alpha value is -4.86. The van der Waals surface area contributed by atoms with Crippen LogP contribution >= 0.6 is 22.9 Å². The Morgan fingerprint density at radius 1 is 1.11 bits per heavy atom. The molecule has 13 heteroatoms. The number of nitrogens with two attached hydrogens (primary N) is 1. The summed E-state index contributed by atoms with van der Waals surface area (Å²) in [6.45, 7) is 13.9. The first-order valence-electron chi connectivity index (χ1n) is 13.9. The maximum Gasteiger partial charge on any atom is 0.407 e. The Morgan fingerprint density at radius 2 is 1.84 bits per heavy atom. The first kappa shape index (κ1) is 33.0. The van der Waals surface area contributed by atoms with Gasteiger partial charge >= 0.3 is 12.1 Å². The van der Waals surface area contributed by atoms with Gasteiger partial charge in [-0.2, -0.15) is 4.98 Å². The van der Waals surface area contributed by atoms with Crippen LogP contribution in [0.1, 0.15) is 36.8 Å². The molecule has 0 spiro atoms. The Labute approximate surface area is 270 Å². The summed E-state index contributed by atoms with van der Waals surface area (Å²) in [5, 5.41) is 3.95. The summed E-state index contributed by atoms with van der Waals surface area (Å²) in [7, 11) is 1.91. The number of carbonyl (C=O) groups is 2. The number of amides is 1. The van der Waals surface area contributed by atoms with Crippen molar-refractivity contribution in [2.75, 3.05) is 30.8 Å². The van der Waals surface area contributed by atoms with Gasteiger partial charge in [0.1, 0.15) is 24.0 Å². The third-order valence-electron chi connectivity index (χ3n) is 6.17. The number of nitrogen functional groups attached to an aromatic ring is 1. The van der Waals surface area contributed by atoms with Crippen LogP contribution in [-0.2, 0) is 27.4 Å². The summed E-state index contributed by atoms with van der Waals surface area (Å²) in [4.78, 5) is 38.5. The molecular weight excluding hydrogens is 616 g/mol. The van der Waals surface area contributed by atoms with Crippen molar-refractivity contribution < 1.29 is 23.8 Å². The van der Waals surface area contributed by atoms with Crippen LogP contribution in [0.5, 0.6) is 5.88 Å². The topological polar surface area (TPSA) is 133 Å². The summed E-state index contributed by atoms with van der Waals surface area (Å²) in [5.74, 6) is -0.319. The molecule has 4 aromatic rings. The molecule has 0 aliphatic rings. The van der Waals surface area contributed by atoms with Crippen molar-refractivity contribution in [3.63, 3.8) is 0 Å². The first-order chi connectivity index (χ1) is 21.4. The molecule has 11 nitrogen and oxygen atoms in total. The molecule has 0 saturated heterocycles. The van der Waals surface area contributed by atoms with E-state index in [-0.39, 0.29) is 35.9 Å². The Kier molecular flexibility index (Phi) is 10.8. The Balaban J connectivity index is 1.22. The van der Waals surface area contributed by atoms with E-state index in [1.54, 1.807) is 26.8 Å². The molecule has 45 heavy (non-hydrogen) atoms. The number of benzene rings is 2. The number of anilines is 2. The van der Waals surface area contributed by atoms with Gasteiger partial charge in [-0.25, -0.2) is 14.6 Å². The number of likely N-dealkylation sites (N-methyl/N-ethyl adjacent to an activating group) is 1. The monoisotopic (exact) mass is 648 g/mol. The van der Waals surface area contributed by atoms with Crippen molar-refractivity contribution in [3.05, 3.63) is 92.9 Å². The van der Waals surface area contributed by atoms with E-state index in [0.29, 0.717) is 13.1 Å². The number of rotatable bonds is 11. The smallest absolute Gasteiger partial charge is 0.407 e. The van der Waals surface area contributed by atoms with Crippen LogP contribution < -0.4 is 20.7 Å². The third-order valence-corrected chi connectivity index (χ3v) is 7.40. The molecule has 0 fully saturated rings. The summed E-state index contributed by atoms with van der Waals surface area (Å²) < 4.78 is 17.3. The van der Waals surface area contributed by atoms with Crippen molar-refractivity contribution in [2.24, 2.45) is 0 Å². The van der Waals surface area contributed by atoms with Gasteiger partial charge in [0.25, 0.3) is 5.70 Å². The number of hydrogen-bond donors (Lipinski definition) is 2. The number of alkyl carbamates (subject to hydrolysis) is 1. The molecule has 2 heterocycles. The summed E-state index contributed by atoms with van der Waals surface area (Å²) in [6.07, 6.45) is 1.04.